The second-order valence-corrected chi connectivity index (χ2v) is 5.92. The summed E-state index contributed by atoms with van der Waals surface area (Å²) in [5.41, 5.74) is 0.477. The molecule has 0 aliphatic carbocycles. The van der Waals surface area contributed by atoms with Crippen molar-refractivity contribution in [2.75, 3.05) is 6.54 Å². The molecule has 6 heteroatoms. The molecule has 0 bridgehead atoms. The van der Waals surface area contributed by atoms with E-state index in [0.29, 0.717) is 32.1 Å². The Bertz CT molecular complexity index is 438. The number of carbonyl (C=O) groups is 1. The van der Waals surface area contributed by atoms with Crippen LogP contribution in [-0.4, -0.2) is 23.7 Å². The summed E-state index contributed by atoms with van der Waals surface area (Å²) in [6, 6.07) is 3.20. The zero-order chi connectivity index (χ0) is 13.7. The maximum atomic E-state index is 11.9. The van der Waals surface area contributed by atoms with E-state index < -0.39 is 0 Å². The molecule has 1 atom stereocenters. The molecular formula is C12H14Cl2INO2. The minimum Gasteiger partial charge on any atom is -0.393 e. The minimum absolute atomic E-state index is 0.200. The highest BCUT2D eigenvalue weighted by atomic mass is 127. The van der Waals surface area contributed by atoms with Crippen molar-refractivity contribution in [3.8, 4) is 0 Å². The summed E-state index contributed by atoms with van der Waals surface area (Å²) in [4.78, 5) is 11.9. The van der Waals surface area contributed by atoms with Gasteiger partial charge in [-0.3, -0.25) is 4.79 Å². The Kier molecular flexibility index (Phi) is 6.70. The Labute approximate surface area is 130 Å². The van der Waals surface area contributed by atoms with Crippen LogP contribution < -0.4 is 5.32 Å². The van der Waals surface area contributed by atoms with E-state index in [1.54, 1.807) is 19.1 Å². The Morgan fingerprint density at radius 1 is 1.50 bits per heavy atom. The fourth-order valence-electron chi connectivity index (χ4n) is 1.42. The highest BCUT2D eigenvalue weighted by molar-refractivity contribution is 14.1. The molecule has 100 valence electrons. The lowest BCUT2D eigenvalue weighted by molar-refractivity contribution is 0.0949. The average Bonchev–Trinajstić information content (AvgIpc) is 2.28. The molecule has 0 spiro atoms. The molecule has 1 unspecified atom stereocenters. The quantitative estimate of drug-likeness (QED) is 0.450. The topological polar surface area (TPSA) is 49.3 Å². The first-order valence-electron chi connectivity index (χ1n) is 5.52. The standard InChI is InChI=1S/C12H14Cl2INO2/c1-7(17)3-2-4-16-12(18)9-5-8(13)6-10(14)11(9)15/h5-7,17H,2-4H2,1H3,(H,16,18). The highest BCUT2D eigenvalue weighted by Gasteiger charge is 2.13. The third kappa shape index (κ3) is 4.91. The van der Waals surface area contributed by atoms with Gasteiger partial charge in [0.15, 0.2) is 0 Å². The van der Waals surface area contributed by atoms with Crippen molar-refractivity contribution in [2.24, 2.45) is 0 Å². The van der Waals surface area contributed by atoms with Crippen molar-refractivity contribution < 1.29 is 9.90 Å². The number of benzene rings is 1. The van der Waals surface area contributed by atoms with E-state index >= 15 is 0 Å². The molecule has 0 radical (unpaired) electrons. The molecule has 18 heavy (non-hydrogen) atoms. The Morgan fingerprint density at radius 2 is 2.17 bits per heavy atom. The SMILES string of the molecule is CC(O)CCCNC(=O)c1cc(Cl)cc(Cl)c1I. The zero-order valence-electron chi connectivity index (χ0n) is 9.84. The van der Waals surface area contributed by atoms with E-state index in [2.05, 4.69) is 5.32 Å². The second-order valence-electron chi connectivity index (χ2n) is 4.00. The van der Waals surface area contributed by atoms with Crippen molar-refractivity contribution in [3.63, 3.8) is 0 Å². The van der Waals surface area contributed by atoms with E-state index in [4.69, 9.17) is 28.3 Å². The molecule has 0 heterocycles. The van der Waals surface area contributed by atoms with Crippen LogP contribution in [0.1, 0.15) is 30.1 Å². The molecule has 2 N–H and O–H groups in total. The number of rotatable bonds is 5. The smallest absolute Gasteiger partial charge is 0.252 e. The first kappa shape index (κ1) is 16.0. The first-order valence-corrected chi connectivity index (χ1v) is 7.36. The average molecular weight is 402 g/mol. The molecule has 0 saturated heterocycles. The largest absolute Gasteiger partial charge is 0.393 e. The van der Waals surface area contributed by atoms with Crippen molar-refractivity contribution in [1.29, 1.82) is 0 Å². The van der Waals surface area contributed by atoms with Gasteiger partial charge in [-0.05, 0) is 54.5 Å². The van der Waals surface area contributed by atoms with Crippen molar-refractivity contribution in [3.05, 3.63) is 31.3 Å². The van der Waals surface area contributed by atoms with Gasteiger partial charge >= 0.3 is 0 Å². The summed E-state index contributed by atoms with van der Waals surface area (Å²) in [6.45, 7) is 2.24. The number of carbonyl (C=O) groups excluding carboxylic acids is 1. The molecule has 1 amide bonds. The molecule has 0 saturated carbocycles. The number of hydrogen-bond donors (Lipinski definition) is 2. The van der Waals surface area contributed by atoms with Crippen LogP contribution in [0.5, 0.6) is 0 Å². The van der Waals surface area contributed by atoms with Crippen LogP contribution in [0.4, 0.5) is 0 Å². The van der Waals surface area contributed by atoms with Crippen molar-refractivity contribution in [2.45, 2.75) is 25.9 Å². The van der Waals surface area contributed by atoms with Gasteiger partial charge in [0.2, 0.25) is 0 Å². The van der Waals surface area contributed by atoms with Gasteiger partial charge in [0, 0.05) is 15.1 Å². The zero-order valence-corrected chi connectivity index (χ0v) is 13.5. The van der Waals surface area contributed by atoms with E-state index in [0.717, 1.165) is 6.42 Å². The van der Waals surface area contributed by atoms with E-state index in [-0.39, 0.29) is 12.0 Å². The van der Waals surface area contributed by atoms with Gasteiger partial charge in [-0.25, -0.2) is 0 Å². The normalized spacial score (nSPS) is 12.3. The van der Waals surface area contributed by atoms with Crippen LogP contribution in [0.2, 0.25) is 10.0 Å². The molecule has 1 rings (SSSR count). The third-order valence-corrected chi connectivity index (χ3v) is 4.32. The molecule has 0 aromatic heterocycles. The number of aliphatic hydroxyl groups excluding tert-OH is 1. The third-order valence-electron chi connectivity index (χ3n) is 2.32. The predicted octanol–water partition coefficient (Wildman–Crippen LogP) is 3.49. The van der Waals surface area contributed by atoms with E-state index in [1.165, 1.54) is 0 Å². The van der Waals surface area contributed by atoms with Gasteiger partial charge in [0.1, 0.15) is 0 Å². The number of nitrogens with one attached hydrogen (secondary N) is 1. The Morgan fingerprint density at radius 3 is 2.78 bits per heavy atom. The maximum absolute atomic E-state index is 11.9. The first-order chi connectivity index (χ1) is 8.41. The van der Waals surface area contributed by atoms with Crippen LogP contribution in [0.25, 0.3) is 0 Å². The van der Waals surface area contributed by atoms with Crippen molar-refractivity contribution in [1.82, 2.24) is 5.32 Å². The van der Waals surface area contributed by atoms with Gasteiger partial charge < -0.3 is 10.4 Å². The molecule has 1 aromatic carbocycles. The summed E-state index contributed by atoms with van der Waals surface area (Å²) < 4.78 is 0.687. The molecule has 1 aromatic rings. The molecule has 0 aliphatic heterocycles. The van der Waals surface area contributed by atoms with Crippen LogP contribution in [0.15, 0.2) is 12.1 Å². The van der Waals surface area contributed by atoms with E-state index in [1.807, 2.05) is 22.6 Å². The highest BCUT2D eigenvalue weighted by Crippen LogP contribution is 2.26. The van der Waals surface area contributed by atoms with Gasteiger partial charge in [-0.2, -0.15) is 0 Å². The predicted molar refractivity (Wildman–Crippen MR) is 82.4 cm³/mol. The lowest BCUT2D eigenvalue weighted by Gasteiger charge is -2.09. The van der Waals surface area contributed by atoms with Crippen LogP contribution in [0, 0.1) is 3.57 Å². The minimum atomic E-state index is -0.345. The number of amides is 1. The molecule has 0 fully saturated rings. The molecule has 3 nitrogen and oxygen atoms in total. The molecule has 0 aliphatic rings. The van der Waals surface area contributed by atoms with Crippen LogP contribution in [0.3, 0.4) is 0 Å². The lowest BCUT2D eigenvalue weighted by atomic mass is 10.2. The monoisotopic (exact) mass is 401 g/mol. The van der Waals surface area contributed by atoms with Gasteiger partial charge in [0.25, 0.3) is 5.91 Å². The summed E-state index contributed by atoms with van der Waals surface area (Å²) in [5.74, 6) is -0.200. The summed E-state index contributed by atoms with van der Waals surface area (Å²) >= 11 is 13.8. The summed E-state index contributed by atoms with van der Waals surface area (Å²) in [5, 5.41) is 12.8. The van der Waals surface area contributed by atoms with Gasteiger partial charge in [-0.15, -0.1) is 0 Å². The van der Waals surface area contributed by atoms with Gasteiger partial charge in [-0.1, -0.05) is 23.2 Å². The number of aliphatic hydroxyl groups is 1. The van der Waals surface area contributed by atoms with Crippen molar-refractivity contribution >= 4 is 51.7 Å². The Balaban J connectivity index is 2.62. The number of hydrogen-bond acceptors (Lipinski definition) is 2. The lowest BCUT2D eigenvalue weighted by Crippen LogP contribution is -2.25. The summed E-state index contributed by atoms with van der Waals surface area (Å²) in [7, 11) is 0. The molecular weight excluding hydrogens is 388 g/mol. The van der Waals surface area contributed by atoms with Crippen LogP contribution >= 0.6 is 45.8 Å². The maximum Gasteiger partial charge on any atom is 0.252 e. The van der Waals surface area contributed by atoms with Gasteiger partial charge in [0.05, 0.1) is 16.7 Å². The summed E-state index contributed by atoms with van der Waals surface area (Å²) in [6.07, 6.45) is 1.05. The second kappa shape index (κ2) is 7.53. The fourth-order valence-corrected chi connectivity index (χ4v) is 2.47. The Hall–Kier alpha value is -0.0400. The van der Waals surface area contributed by atoms with E-state index in [9.17, 15) is 4.79 Å². The fraction of sp³-hybridized carbons (Fsp3) is 0.417. The van der Waals surface area contributed by atoms with Crippen LogP contribution in [-0.2, 0) is 0 Å². The number of halogens is 3.